The number of anilines is 1. The molecule has 1 fully saturated rings. The molecule has 17 heavy (non-hydrogen) atoms. The molecule has 0 spiro atoms. The van der Waals surface area contributed by atoms with Gasteiger partial charge in [-0.3, -0.25) is 0 Å². The van der Waals surface area contributed by atoms with Crippen LogP contribution in [-0.2, 0) is 4.74 Å². The van der Waals surface area contributed by atoms with Gasteiger partial charge in [-0.25, -0.2) is 4.63 Å². The van der Waals surface area contributed by atoms with Gasteiger partial charge in [-0.05, 0) is 23.2 Å². The summed E-state index contributed by atoms with van der Waals surface area (Å²) in [5.74, 6) is 1.31. The number of nitrogens with two attached hydrogens (primary N) is 1. The van der Waals surface area contributed by atoms with E-state index < -0.39 is 0 Å². The predicted molar refractivity (Wildman–Crippen MR) is 54.8 cm³/mol. The smallest absolute Gasteiger partial charge is 0.284 e. The third-order valence-corrected chi connectivity index (χ3v) is 2.74. The molecule has 3 heterocycles. The SMILES string of the molecule is Nc1nonc1-c1nc(C2CCOCC2)no1. The molecule has 0 saturated carbocycles. The van der Waals surface area contributed by atoms with Crippen molar-refractivity contribution in [3.63, 3.8) is 0 Å². The molecule has 0 radical (unpaired) electrons. The van der Waals surface area contributed by atoms with Crippen LogP contribution in [0.5, 0.6) is 0 Å². The molecule has 0 atom stereocenters. The zero-order valence-electron chi connectivity index (χ0n) is 9.00. The lowest BCUT2D eigenvalue weighted by Gasteiger charge is -2.18. The zero-order chi connectivity index (χ0) is 11.7. The van der Waals surface area contributed by atoms with Crippen molar-refractivity contribution in [1.82, 2.24) is 20.5 Å². The maximum absolute atomic E-state index is 5.55. The molecule has 0 bridgehead atoms. The van der Waals surface area contributed by atoms with Crippen molar-refractivity contribution in [3.05, 3.63) is 5.82 Å². The summed E-state index contributed by atoms with van der Waals surface area (Å²) in [6.45, 7) is 1.45. The summed E-state index contributed by atoms with van der Waals surface area (Å²) >= 11 is 0. The van der Waals surface area contributed by atoms with E-state index >= 15 is 0 Å². The van der Waals surface area contributed by atoms with Gasteiger partial charge in [-0.1, -0.05) is 5.16 Å². The van der Waals surface area contributed by atoms with E-state index in [0.29, 0.717) is 5.82 Å². The van der Waals surface area contributed by atoms with Crippen molar-refractivity contribution in [2.75, 3.05) is 18.9 Å². The molecule has 3 rings (SSSR count). The Morgan fingerprint density at radius 2 is 1.94 bits per heavy atom. The second-order valence-corrected chi connectivity index (χ2v) is 3.84. The fourth-order valence-electron chi connectivity index (χ4n) is 1.80. The van der Waals surface area contributed by atoms with Crippen LogP contribution in [0.4, 0.5) is 5.82 Å². The quantitative estimate of drug-likeness (QED) is 0.807. The maximum atomic E-state index is 5.55. The lowest BCUT2D eigenvalue weighted by Crippen LogP contribution is -2.15. The summed E-state index contributed by atoms with van der Waals surface area (Å²) in [6, 6.07) is 0. The van der Waals surface area contributed by atoms with E-state index in [1.54, 1.807) is 0 Å². The molecule has 0 aromatic carbocycles. The van der Waals surface area contributed by atoms with Crippen LogP contribution in [0, 0.1) is 0 Å². The van der Waals surface area contributed by atoms with Crippen LogP contribution in [0.2, 0.25) is 0 Å². The van der Waals surface area contributed by atoms with Gasteiger partial charge in [-0.15, -0.1) is 0 Å². The first-order valence-electron chi connectivity index (χ1n) is 5.34. The highest BCUT2D eigenvalue weighted by Crippen LogP contribution is 2.27. The Morgan fingerprint density at radius 3 is 2.65 bits per heavy atom. The molecule has 0 unspecified atom stereocenters. The standard InChI is InChI=1S/C9H11N5O3/c10-7-6(12-17-13-7)9-11-8(14-16-9)5-1-3-15-4-2-5/h5H,1-4H2,(H2,10,13). The van der Waals surface area contributed by atoms with Gasteiger partial charge in [0.2, 0.25) is 11.5 Å². The van der Waals surface area contributed by atoms with Gasteiger partial charge in [0.05, 0.1) is 0 Å². The molecule has 1 saturated heterocycles. The first-order valence-corrected chi connectivity index (χ1v) is 5.34. The van der Waals surface area contributed by atoms with E-state index in [1.165, 1.54) is 0 Å². The van der Waals surface area contributed by atoms with Gasteiger partial charge in [-0.2, -0.15) is 4.98 Å². The first kappa shape index (κ1) is 10.2. The van der Waals surface area contributed by atoms with E-state index in [4.69, 9.17) is 15.0 Å². The lowest BCUT2D eigenvalue weighted by atomic mass is 10.00. The van der Waals surface area contributed by atoms with Crippen LogP contribution in [0.3, 0.4) is 0 Å². The van der Waals surface area contributed by atoms with Crippen LogP contribution in [0.1, 0.15) is 24.6 Å². The molecule has 0 aliphatic carbocycles. The highest BCUT2D eigenvalue weighted by Gasteiger charge is 2.23. The van der Waals surface area contributed by atoms with Crippen molar-refractivity contribution in [3.8, 4) is 11.6 Å². The Kier molecular flexibility index (Phi) is 2.48. The second kappa shape index (κ2) is 4.13. The average molecular weight is 237 g/mol. The minimum absolute atomic E-state index is 0.146. The largest absolute Gasteiger partial charge is 0.381 e. The van der Waals surface area contributed by atoms with Crippen molar-refractivity contribution in [2.24, 2.45) is 0 Å². The maximum Gasteiger partial charge on any atom is 0.284 e. The fourth-order valence-corrected chi connectivity index (χ4v) is 1.80. The summed E-state index contributed by atoms with van der Waals surface area (Å²) < 4.78 is 14.9. The zero-order valence-corrected chi connectivity index (χ0v) is 9.00. The van der Waals surface area contributed by atoms with Crippen LogP contribution in [0.25, 0.3) is 11.6 Å². The monoisotopic (exact) mass is 237 g/mol. The Labute approximate surface area is 96.1 Å². The fraction of sp³-hybridized carbons (Fsp3) is 0.556. The molecular weight excluding hydrogens is 226 g/mol. The van der Waals surface area contributed by atoms with Gasteiger partial charge in [0.25, 0.3) is 5.89 Å². The van der Waals surface area contributed by atoms with Crippen molar-refractivity contribution in [2.45, 2.75) is 18.8 Å². The number of nitrogens with zero attached hydrogens (tertiary/aromatic N) is 4. The molecule has 90 valence electrons. The third kappa shape index (κ3) is 1.86. The molecule has 0 amide bonds. The Balaban J connectivity index is 1.85. The van der Waals surface area contributed by atoms with Gasteiger partial charge >= 0.3 is 0 Å². The number of aromatic nitrogens is 4. The van der Waals surface area contributed by atoms with E-state index in [-0.39, 0.29) is 23.3 Å². The van der Waals surface area contributed by atoms with Gasteiger partial charge in [0, 0.05) is 19.1 Å². The Bertz CT molecular complexity index is 502. The van der Waals surface area contributed by atoms with Gasteiger partial charge < -0.3 is 15.0 Å². The highest BCUT2D eigenvalue weighted by atomic mass is 16.6. The summed E-state index contributed by atoms with van der Waals surface area (Å²) in [4.78, 5) is 4.26. The van der Waals surface area contributed by atoms with Crippen LogP contribution < -0.4 is 5.73 Å². The normalized spacial score (nSPS) is 17.4. The summed E-state index contributed by atoms with van der Waals surface area (Å²) in [5, 5.41) is 11.0. The second-order valence-electron chi connectivity index (χ2n) is 3.84. The Hall–Kier alpha value is -1.96. The number of ether oxygens (including phenoxy) is 1. The summed E-state index contributed by atoms with van der Waals surface area (Å²) in [6.07, 6.45) is 1.79. The molecule has 2 aromatic rings. The molecule has 2 aromatic heterocycles. The minimum Gasteiger partial charge on any atom is -0.381 e. The number of nitrogen functional groups attached to an aromatic ring is 1. The van der Waals surface area contributed by atoms with Crippen molar-refractivity contribution >= 4 is 5.82 Å². The lowest BCUT2D eigenvalue weighted by molar-refractivity contribution is 0.0830. The average Bonchev–Trinajstić information content (AvgIpc) is 2.98. The molecule has 1 aliphatic heterocycles. The van der Waals surface area contributed by atoms with Crippen molar-refractivity contribution < 1.29 is 13.9 Å². The van der Waals surface area contributed by atoms with Crippen LogP contribution in [-0.4, -0.2) is 33.7 Å². The number of hydrogen-bond acceptors (Lipinski definition) is 8. The first-order chi connectivity index (χ1) is 8.34. The molecular formula is C9H11N5O3. The van der Waals surface area contributed by atoms with E-state index in [1.807, 2.05) is 0 Å². The molecule has 8 heteroatoms. The summed E-state index contributed by atoms with van der Waals surface area (Å²) in [7, 11) is 0. The topological polar surface area (TPSA) is 113 Å². The van der Waals surface area contributed by atoms with Gasteiger partial charge in [0.15, 0.2) is 5.82 Å². The third-order valence-electron chi connectivity index (χ3n) is 2.74. The Morgan fingerprint density at radius 1 is 1.12 bits per heavy atom. The predicted octanol–water partition coefficient (Wildman–Crippen LogP) is 0.596. The van der Waals surface area contributed by atoms with E-state index in [0.717, 1.165) is 26.1 Å². The van der Waals surface area contributed by atoms with Crippen LogP contribution in [0.15, 0.2) is 9.15 Å². The highest BCUT2D eigenvalue weighted by molar-refractivity contribution is 5.60. The summed E-state index contributed by atoms with van der Waals surface area (Å²) in [5.41, 5.74) is 5.83. The number of rotatable bonds is 2. The van der Waals surface area contributed by atoms with Gasteiger partial charge in [0.1, 0.15) is 0 Å². The number of hydrogen-bond donors (Lipinski definition) is 1. The molecule has 1 aliphatic rings. The van der Waals surface area contributed by atoms with E-state index in [9.17, 15) is 0 Å². The van der Waals surface area contributed by atoms with Crippen molar-refractivity contribution in [1.29, 1.82) is 0 Å². The van der Waals surface area contributed by atoms with E-state index in [2.05, 4.69) is 25.1 Å². The molecule has 2 N–H and O–H groups in total. The van der Waals surface area contributed by atoms with Crippen LogP contribution >= 0.6 is 0 Å². The molecule has 8 nitrogen and oxygen atoms in total. The minimum atomic E-state index is 0.146.